The lowest BCUT2D eigenvalue weighted by Gasteiger charge is -2.05. The van der Waals surface area contributed by atoms with Crippen LogP contribution < -0.4 is 10.9 Å². The maximum absolute atomic E-state index is 12.6. The van der Waals surface area contributed by atoms with E-state index in [-0.39, 0.29) is 16.7 Å². The van der Waals surface area contributed by atoms with E-state index < -0.39 is 11.5 Å². The van der Waals surface area contributed by atoms with Crippen molar-refractivity contribution in [1.82, 2.24) is 15.1 Å². The molecule has 1 amide bonds. The summed E-state index contributed by atoms with van der Waals surface area (Å²) in [5.74, 6) is 0.518. The highest BCUT2D eigenvalue weighted by atomic mass is 16.5. The summed E-state index contributed by atoms with van der Waals surface area (Å²) >= 11 is 0. The summed E-state index contributed by atoms with van der Waals surface area (Å²) in [6.07, 6.45) is 2.79. The molecular weight excluding hydrogens is 324 g/mol. The van der Waals surface area contributed by atoms with Crippen molar-refractivity contribution in [3.63, 3.8) is 0 Å². The molecule has 0 saturated heterocycles. The molecule has 0 fully saturated rings. The van der Waals surface area contributed by atoms with Gasteiger partial charge in [0.25, 0.3) is 11.5 Å². The molecule has 0 spiro atoms. The van der Waals surface area contributed by atoms with Crippen LogP contribution in [0.25, 0.3) is 22.4 Å². The summed E-state index contributed by atoms with van der Waals surface area (Å²) < 4.78 is 10.5. The molecule has 4 rings (SSSR count). The molecule has 3 heterocycles. The Balaban J connectivity index is 1.65. The first-order valence-electron chi connectivity index (χ1n) is 7.43. The van der Waals surface area contributed by atoms with Gasteiger partial charge in [-0.15, -0.1) is 0 Å². The highest BCUT2D eigenvalue weighted by Crippen LogP contribution is 2.24. The number of nitrogens with one attached hydrogen (secondary N) is 2. The molecule has 0 radical (unpaired) electrons. The number of aromatic nitrogens is 3. The van der Waals surface area contributed by atoms with Crippen LogP contribution in [0, 0.1) is 6.92 Å². The number of aryl methyl sites for hydroxylation is 1. The Morgan fingerprint density at radius 2 is 2.00 bits per heavy atom. The molecule has 0 unspecified atom stereocenters. The summed E-state index contributed by atoms with van der Waals surface area (Å²) in [4.78, 5) is 31.0. The normalized spacial score (nSPS) is 10.9. The average Bonchev–Trinajstić information content (AvgIpc) is 3.23. The van der Waals surface area contributed by atoms with E-state index in [0.717, 1.165) is 5.56 Å². The third kappa shape index (κ3) is 2.59. The van der Waals surface area contributed by atoms with Gasteiger partial charge in [0.1, 0.15) is 11.1 Å². The van der Waals surface area contributed by atoms with Crippen LogP contribution in [0.3, 0.4) is 0 Å². The third-order valence-electron chi connectivity index (χ3n) is 3.76. The van der Waals surface area contributed by atoms with Crippen molar-refractivity contribution in [2.24, 2.45) is 0 Å². The van der Waals surface area contributed by atoms with E-state index in [1.54, 1.807) is 43.5 Å². The highest BCUT2D eigenvalue weighted by Gasteiger charge is 2.21. The van der Waals surface area contributed by atoms with Crippen LogP contribution in [0.2, 0.25) is 0 Å². The maximum atomic E-state index is 12.6. The number of aromatic amines is 1. The largest absolute Gasteiger partial charge is 0.442 e. The van der Waals surface area contributed by atoms with E-state index in [2.05, 4.69) is 20.4 Å². The number of H-pyrrole nitrogens is 1. The lowest BCUT2D eigenvalue weighted by Crippen LogP contribution is -2.16. The molecule has 2 N–H and O–H groups in total. The van der Waals surface area contributed by atoms with Crippen molar-refractivity contribution in [3.8, 4) is 11.3 Å². The predicted octanol–water partition coefficient (Wildman–Crippen LogP) is 2.73. The Labute approximate surface area is 140 Å². The standard InChI is InChI=1S/C17H12N4O4/c1-9-13(14-15(22)18-8-19-17(14)24-9)16(23)21-11-4-2-10(3-5-11)12-6-7-20-25-12/h2-8H,1H3,(H,21,23)(H,18,19,22). The molecule has 8 heteroatoms. The average molecular weight is 336 g/mol. The minimum atomic E-state index is -0.442. The molecule has 25 heavy (non-hydrogen) atoms. The first kappa shape index (κ1) is 14.9. The van der Waals surface area contributed by atoms with E-state index in [9.17, 15) is 9.59 Å². The number of hydrogen-bond acceptors (Lipinski definition) is 6. The first-order chi connectivity index (χ1) is 12.1. The number of furan rings is 1. The van der Waals surface area contributed by atoms with Crippen molar-refractivity contribution >= 4 is 22.7 Å². The van der Waals surface area contributed by atoms with E-state index in [0.29, 0.717) is 17.2 Å². The second-order valence-electron chi connectivity index (χ2n) is 5.35. The van der Waals surface area contributed by atoms with Gasteiger partial charge >= 0.3 is 0 Å². The molecule has 0 atom stereocenters. The monoisotopic (exact) mass is 336 g/mol. The molecule has 8 nitrogen and oxygen atoms in total. The van der Waals surface area contributed by atoms with Crippen LogP contribution in [-0.4, -0.2) is 21.0 Å². The molecular formula is C17H12N4O4. The van der Waals surface area contributed by atoms with Crippen LogP contribution >= 0.6 is 0 Å². The Morgan fingerprint density at radius 3 is 2.72 bits per heavy atom. The van der Waals surface area contributed by atoms with E-state index in [4.69, 9.17) is 8.94 Å². The van der Waals surface area contributed by atoms with Crippen LogP contribution in [0.1, 0.15) is 16.1 Å². The lowest BCUT2D eigenvalue weighted by atomic mass is 10.1. The minimum Gasteiger partial charge on any atom is -0.442 e. The molecule has 0 aliphatic rings. The number of fused-ring (bicyclic) bond motifs is 1. The van der Waals surface area contributed by atoms with Crippen molar-refractivity contribution in [3.05, 3.63) is 64.5 Å². The van der Waals surface area contributed by atoms with Gasteiger partial charge < -0.3 is 19.2 Å². The Hall–Kier alpha value is -3.68. The zero-order chi connectivity index (χ0) is 17.4. The second kappa shape index (κ2) is 5.75. The number of hydrogen-bond donors (Lipinski definition) is 2. The number of carbonyl (C=O) groups excluding carboxylic acids is 1. The maximum Gasteiger partial charge on any atom is 0.262 e. The van der Waals surface area contributed by atoms with E-state index >= 15 is 0 Å². The Kier molecular flexibility index (Phi) is 3.42. The van der Waals surface area contributed by atoms with Crippen LogP contribution in [0.4, 0.5) is 5.69 Å². The lowest BCUT2D eigenvalue weighted by molar-refractivity contribution is 0.102. The minimum absolute atomic E-state index is 0.132. The Bertz CT molecular complexity index is 1110. The Morgan fingerprint density at radius 1 is 1.20 bits per heavy atom. The topological polar surface area (TPSA) is 114 Å². The van der Waals surface area contributed by atoms with E-state index in [1.165, 1.54) is 6.33 Å². The molecule has 1 aromatic carbocycles. The molecule has 0 aliphatic carbocycles. The fraction of sp³-hybridized carbons (Fsp3) is 0.0588. The summed E-state index contributed by atoms with van der Waals surface area (Å²) in [6.45, 7) is 1.61. The molecule has 4 aromatic rings. The van der Waals surface area contributed by atoms with Crippen molar-refractivity contribution in [2.75, 3.05) is 5.32 Å². The van der Waals surface area contributed by atoms with Gasteiger partial charge in [-0.1, -0.05) is 5.16 Å². The zero-order valence-corrected chi connectivity index (χ0v) is 13.1. The fourth-order valence-electron chi connectivity index (χ4n) is 2.60. The number of carbonyl (C=O) groups is 1. The summed E-state index contributed by atoms with van der Waals surface area (Å²) in [7, 11) is 0. The SMILES string of the molecule is Cc1oc2nc[nH]c(=O)c2c1C(=O)Nc1ccc(-c2ccno2)cc1. The molecule has 124 valence electrons. The number of rotatable bonds is 3. The van der Waals surface area contributed by atoms with Gasteiger partial charge in [-0.3, -0.25) is 9.59 Å². The predicted molar refractivity (Wildman–Crippen MR) is 89.3 cm³/mol. The van der Waals surface area contributed by atoms with Gasteiger partial charge in [-0.2, -0.15) is 0 Å². The molecule has 3 aromatic heterocycles. The molecule has 0 aliphatic heterocycles. The van der Waals surface area contributed by atoms with Crippen LogP contribution in [-0.2, 0) is 0 Å². The van der Waals surface area contributed by atoms with Gasteiger partial charge in [0.15, 0.2) is 5.76 Å². The van der Waals surface area contributed by atoms with Crippen LogP contribution in [0.5, 0.6) is 0 Å². The number of anilines is 1. The van der Waals surface area contributed by atoms with Gasteiger partial charge in [0.2, 0.25) is 5.71 Å². The highest BCUT2D eigenvalue weighted by molar-refractivity contribution is 6.12. The molecule has 0 saturated carbocycles. The van der Waals surface area contributed by atoms with Crippen molar-refractivity contribution in [2.45, 2.75) is 6.92 Å². The van der Waals surface area contributed by atoms with Gasteiger partial charge in [-0.05, 0) is 31.2 Å². The molecule has 0 bridgehead atoms. The first-order valence-corrected chi connectivity index (χ1v) is 7.43. The van der Waals surface area contributed by atoms with Crippen molar-refractivity contribution in [1.29, 1.82) is 0 Å². The third-order valence-corrected chi connectivity index (χ3v) is 3.76. The quantitative estimate of drug-likeness (QED) is 0.594. The van der Waals surface area contributed by atoms with Gasteiger partial charge in [-0.25, -0.2) is 4.98 Å². The summed E-state index contributed by atoms with van der Waals surface area (Å²) in [5, 5.41) is 6.54. The fourth-order valence-corrected chi connectivity index (χ4v) is 2.60. The van der Waals surface area contributed by atoms with Gasteiger partial charge in [0, 0.05) is 17.3 Å². The number of amides is 1. The van der Waals surface area contributed by atoms with Gasteiger partial charge in [0.05, 0.1) is 18.1 Å². The zero-order valence-electron chi connectivity index (χ0n) is 13.1. The smallest absolute Gasteiger partial charge is 0.262 e. The number of nitrogens with zero attached hydrogens (tertiary/aromatic N) is 2. The summed E-state index contributed by atoms with van der Waals surface area (Å²) in [6, 6.07) is 8.80. The second-order valence-corrected chi connectivity index (χ2v) is 5.35. The van der Waals surface area contributed by atoms with Crippen molar-refractivity contribution < 1.29 is 13.7 Å². The number of benzene rings is 1. The van der Waals surface area contributed by atoms with E-state index in [1.807, 2.05) is 0 Å². The van der Waals surface area contributed by atoms with Crippen LogP contribution in [0.15, 0.2) is 56.6 Å². The summed E-state index contributed by atoms with van der Waals surface area (Å²) in [5.41, 5.74) is 1.28.